The Bertz CT molecular complexity index is 560. The number of rotatable bonds is 4. The maximum atomic E-state index is 12.6. The normalized spacial score (nSPS) is 14.2. The summed E-state index contributed by atoms with van der Waals surface area (Å²) in [4.78, 5) is 0. The molecule has 19 heavy (non-hydrogen) atoms. The smallest absolute Gasteiger partial charge is 0.395 e. The van der Waals surface area contributed by atoms with E-state index in [1.54, 1.807) is 0 Å². The van der Waals surface area contributed by atoms with Gasteiger partial charge < -0.3 is 5.11 Å². The van der Waals surface area contributed by atoms with Crippen molar-refractivity contribution in [1.82, 2.24) is 0 Å². The van der Waals surface area contributed by atoms with E-state index in [0.29, 0.717) is 6.07 Å². The average molecular weight is 362 g/mol. The van der Waals surface area contributed by atoms with Gasteiger partial charge in [-0.25, -0.2) is 8.42 Å². The highest BCUT2D eigenvalue weighted by atomic mass is 79.9. The number of aliphatic hydroxyl groups excluding tert-OH is 1. The van der Waals surface area contributed by atoms with E-state index in [2.05, 4.69) is 15.9 Å². The summed E-state index contributed by atoms with van der Waals surface area (Å²) < 4.78 is 63.0. The SMILES string of the molecule is CC(CO)S(=O)(=O)Nc1ccc(Br)c(C(F)(F)F)c1. The zero-order chi connectivity index (χ0) is 14.8. The Balaban J connectivity index is 3.12. The number of aliphatic hydroxyl groups is 1. The average Bonchev–Trinajstić information content (AvgIpc) is 2.28. The van der Waals surface area contributed by atoms with Crippen LogP contribution in [-0.2, 0) is 16.2 Å². The van der Waals surface area contributed by atoms with Gasteiger partial charge >= 0.3 is 6.18 Å². The van der Waals surface area contributed by atoms with Gasteiger partial charge in [-0.15, -0.1) is 0 Å². The third-order valence-electron chi connectivity index (χ3n) is 2.32. The number of anilines is 1. The summed E-state index contributed by atoms with van der Waals surface area (Å²) in [6.45, 7) is 0.615. The first-order valence-electron chi connectivity index (χ1n) is 5.07. The van der Waals surface area contributed by atoms with Crippen LogP contribution in [0.15, 0.2) is 22.7 Å². The summed E-state index contributed by atoms with van der Waals surface area (Å²) in [6, 6.07) is 2.98. The van der Waals surface area contributed by atoms with Gasteiger partial charge in [0.1, 0.15) is 5.25 Å². The van der Waals surface area contributed by atoms with Gasteiger partial charge in [0.15, 0.2) is 0 Å². The van der Waals surface area contributed by atoms with Crippen LogP contribution in [0.4, 0.5) is 18.9 Å². The molecular formula is C10H11BrF3NO3S. The van der Waals surface area contributed by atoms with Gasteiger partial charge in [-0.05, 0) is 25.1 Å². The molecule has 1 rings (SSSR count). The molecule has 0 fully saturated rings. The number of alkyl halides is 3. The van der Waals surface area contributed by atoms with Gasteiger partial charge in [0.2, 0.25) is 10.0 Å². The van der Waals surface area contributed by atoms with Crippen LogP contribution in [0.5, 0.6) is 0 Å². The molecule has 0 bridgehead atoms. The molecule has 1 atom stereocenters. The molecule has 1 aromatic rings. The number of hydrogen-bond donors (Lipinski definition) is 2. The molecule has 0 saturated carbocycles. The summed E-state index contributed by atoms with van der Waals surface area (Å²) in [5.74, 6) is 0. The van der Waals surface area contributed by atoms with E-state index in [-0.39, 0.29) is 10.2 Å². The van der Waals surface area contributed by atoms with Crippen molar-refractivity contribution in [3.05, 3.63) is 28.2 Å². The van der Waals surface area contributed by atoms with Crippen molar-refractivity contribution in [2.75, 3.05) is 11.3 Å². The zero-order valence-corrected chi connectivity index (χ0v) is 12.1. The third kappa shape index (κ3) is 4.08. The van der Waals surface area contributed by atoms with E-state index in [0.717, 1.165) is 6.07 Å². The fourth-order valence-electron chi connectivity index (χ4n) is 1.17. The van der Waals surface area contributed by atoms with E-state index in [1.807, 2.05) is 4.72 Å². The molecule has 0 spiro atoms. The molecule has 1 aromatic carbocycles. The maximum Gasteiger partial charge on any atom is 0.417 e. The van der Waals surface area contributed by atoms with E-state index in [4.69, 9.17) is 5.11 Å². The second-order valence-corrected chi connectivity index (χ2v) is 6.79. The van der Waals surface area contributed by atoms with Crippen LogP contribution in [0.25, 0.3) is 0 Å². The van der Waals surface area contributed by atoms with Gasteiger partial charge in [0, 0.05) is 10.2 Å². The van der Waals surface area contributed by atoms with Crippen molar-refractivity contribution in [2.24, 2.45) is 0 Å². The van der Waals surface area contributed by atoms with Gasteiger partial charge in [-0.3, -0.25) is 4.72 Å². The van der Waals surface area contributed by atoms with Crippen molar-refractivity contribution in [1.29, 1.82) is 0 Å². The van der Waals surface area contributed by atoms with Crippen molar-refractivity contribution in [2.45, 2.75) is 18.3 Å². The number of nitrogens with one attached hydrogen (secondary N) is 1. The molecule has 4 nitrogen and oxygen atoms in total. The number of sulfonamides is 1. The molecule has 0 aliphatic heterocycles. The maximum absolute atomic E-state index is 12.6. The molecule has 9 heteroatoms. The summed E-state index contributed by atoms with van der Waals surface area (Å²) >= 11 is 2.75. The Hall–Kier alpha value is -0.800. The lowest BCUT2D eigenvalue weighted by Gasteiger charge is -2.15. The second kappa shape index (κ2) is 5.68. The van der Waals surface area contributed by atoms with E-state index in [9.17, 15) is 21.6 Å². The number of halogens is 4. The predicted molar refractivity (Wildman–Crippen MR) is 68.2 cm³/mol. The van der Waals surface area contributed by atoms with Crippen molar-refractivity contribution >= 4 is 31.6 Å². The lowest BCUT2D eigenvalue weighted by atomic mass is 10.2. The second-order valence-electron chi connectivity index (χ2n) is 3.83. The Morgan fingerprint density at radius 3 is 2.47 bits per heavy atom. The van der Waals surface area contributed by atoms with Gasteiger partial charge in [-0.2, -0.15) is 13.2 Å². The van der Waals surface area contributed by atoms with Gasteiger partial charge in [0.25, 0.3) is 0 Å². The van der Waals surface area contributed by atoms with Crippen LogP contribution in [0.2, 0.25) is 0 Å². The summed E-state index contributed by atoms with van der Waals surface area (Å²) in [5, 5.41) is 7.65. The molecular weight excluding hydrogens is 351 g/mol. The quantitative estimate of drug-likeness (QED) is 0.866. The summed E-state index contributed by atoms with van der Waals surface area (Å²) in [5.41, 5.74) is -1.19. The highest BCUT2D eigenvalue weighted by molar-refractivity contribution is 9.10. The molecule has 0 aliphatic carbocycles. The van der Waals surface area contributed by atoms with Crippen LogP contribution < -0.4 is 4.72 Å². The Kier molecular flexibility index (Phi) is 4.86. The minimum Gasteiger partial charge on any atom is -0.395 e. The van der Waals surface area contributed by atoms with E-state index in [1.165, 1.54) is 13.0 Å². The van der Waals surface area contributed by atoms with E-state index >= 15 is 0 Å². The van der Waals surface area contributed by atoms with Crippen molar-refractivity contribution in [3.8, 4) is 0 Å². The minimum atomic E-state index is -4.59. The van der Waals surface area contributed by atoms with Crippen LogP contribution in [0.1, 0.15) is 12.5 Å². The zero-order valence-electron chi connectivity index (χ0n) is 9.70. The number of benzene rings is 1. The largest absolute Gasteiger partial charge is 0.417 e. The molecule has 108 valence electrons. The first kappa shape index (κ1) is 16.3. The first-order chi connectivity index (χ1) is 8.58. The fourth-order valence-corrected chi connectivity index (χ4v) is 2.49. The van der Waals surface area contributed by atoms with Crippen molar-refractivity contribution in [3.63, 3.8) is 0 Å². The van der Waals surface area contributed by atoms with Gasteiger partial charge in [-0.1, -0.05) is 15.9 Å². The minimum absolute atomic E-state index is 0.182. The molecule has 0 aliphatic rings. The number of hydrogen-bond acceptors (Lipinski definition) is 3. The Morgan fingerprint density at radius 2 is 2.00 bits per heavy atom. The third-order valence-corrected chi connectivity index (χ3v) is 4.74. The lowest BCUT2D eigenvalue weighted by molar-refractivity contribution is -0.138. The molecule has 0 radical (unpaired) electrons. The molecule has 0 amide bonds. The topological polar surface area (TPSA) is 66.4 Å². The van der Waals surface area contributed by atoms with Gasteiger partial charge in [0.05, 0.1) is 12.2 Å². The summed E-state index contributed by atoms with van der Waals surface area (Å²) in [7, 11) is -3.92. The van der Waals surface area contributed by atoms with Crippen LogP contribution >= 0.6 is 15.9 Å². The summed E-state index contributed by atoms with van der Waals surface area (Å²) in [6.07, 6.45) is -4.59. The Morgan fingerprint density at radius 1 is 1.42 bits per heavy atom. The van der Waals surface area contributed by atoms with Crippen molar-refractivity contribution < 1.29 is 26.7 Å². The molecule has 0 saturated heterocycles. The first-order valence-corrected chi connectivity index (χ1v) is 7.41. The van der Waals surface area contributed by atoms with Crippen LogP contribution in [0, 0.1) is 0 Å². The standard InChI is InChI=1S/C10H11BrF3NO3S/c1-6(5-16)19(17,18)15-7-2-3-9(11)8(4-7)10(12,13)14/h2-4,6,15-16H,5H2,1H3. The monoisotopic (exact) mass is 361 g/mol. The fraction of sp³-hybridized carbons (Fsp3) is 0.400. The predicted octanol–water partition coefficient (Wildman–Crippen LogP) is 2.59. The molecule has 1 unspecified atom stereocenters. The molecule has 2 N–H and O–H groups in total. The highest BCUT2D eigenvalue weighted by Crippen LogP contribution is 2.36. The Labute approximate surface area is 116 Å². The van der Waals surface area contributed by atoms with Crippen LogP contribution in [0.3, 0.4) is 0 Å². The van der Waals surface area contributed by atoms with Crippen LogP contribution in [-0.4, -0.2) is 25.4 Å². The van der Waals surface area contributed by atoms with E-state index < -0.39 is 33.6 Å². The lowest BCUT2D eigenvalue weighted by Crippen LogP contribution is -2.28. The molecule has 0 aromatic heterocycles. The molecule has 0 heterocycles. The highest BCUT2D eigenvalue weighted by Gasteiger charge is 2.33.